The Kier molecular flexibility index (Phi) is 2.74. The molecule has 1 N–H and O–H groups in total. The Bertz CT molecular complexity index is 151. The standard InChI is InChI=1S/C6H9Br2NO/c1-3-2-4(7)5(8)6(10)9-3/h3-5H,2H2,1H3,(H,9,10). The average Bonchev–Trinajstić information content (AvgIpc) is 1.82. The lowest BCUT2D eigenvalue weighted by Gasteiger charge is -2.27. The van der Waals surface area contributed by atoms with Gasteiger partial charge in [-0.05, 0) is 13.3 Å². The summed E-state index contributed by atoms with van der Waals surface area (Å²) in [6.45, 7) is 2.00. The van der Waals surface area contributed by atoms with Crippen LogP contribution >= 0.6 is 31.9 Å². The summed E-state index contributed by atoms with van der Waals surface area (Å²) < 4.78 is 0. The lowest BCUT2D eigenvalue weighted by molar-refractivity contribution is -0.122. The molecule has 3 unspecified atom stereocenters. The SMILES string of the molecule is CC1CC(Br)C(Br)C(=O)N1. The monoisotopic (exact) mass is 269 g/mol. The zero-order chi connectivity index (χ0) is 7.72. The van der Waals surface area contributed by atoms with Crippen LogP contribution in [0.4, 0.5) is 0 Å². The molecule has 3 atom stereocenters. The largest absolute Gasteiger partial charge is 0.353 e. The molecule has 0 aliphatic carbocycles. The van der Waals surface area contributed by atoms with E-state index in [4.69, 9.17) is 0 Å². The van der Waals surface area contributed by atoms with E-state index in [9.17, 15) is 4.79 Å². The number of carbonyl (C=O) groups excluding carboxylic acids is 1. The number of carbonyl (C=O) groups is 1. The summed E-state index contributed by atoms with van der Waals surface area (Å²) in [6, 6.07) is 0.297. The fourth-order valence-electron chi connectivity index (χ4n) is 1.00. The molecule has 58 valence electrons. The Morgan fingerprint density at radius 2 is 2.20 bits per heavy atom. The number of hydrogen-bond donors (Lipinski definition) is 1. The molecule has 1 heterocycles. The second-order valence-electron chi connectivity index (χ2n) is 2.56. The van der Waals surface area contributed by atoms with Crippen LogP contribution in [0.2, 0.25) is 0 Å². The molecular formula is C6H9Br2NO. The highest BCUT2D eigenvalue weighted by Crippen LogP contribution is 2.23. The second kappa shape index (κ2) is 3.22. The van der Waals surface area contributed by atoms with Gasteiger partial charge in [0.15, 0.2) is 0 Å². The van der Waals surface area contributed by atoms with Crippen molar-refractivity contribution in [3.63, 3.8) is 0 Å². The van der Waals surface area contributed by atoms with Crippen LogP contribution in [0.15, 0.2) is 0 Å². The van der Waals surface area contributed by atoms with E-state index in [0.29, 0.717) is 6.04 Å². The van der Waals surface area contributed by atoms with Crippen molar-refractivity contribution in [1.82, 2.24) is 5.32 Å². The molecule has 2 nitrogen and oxygen atoms in total. The molecule has 1 aliphatic rings. The second-order valence-corrected chi connectivity index (χ2v) is 4.73. The van der Waals surface area contributed by atoms with Gasteiger partial charge in [0, 0.05) is 10.9 Å². The molecule has 1 fully saturated rings. The minimum Gasteiger partial charge on any atom is -0.353 e. The van der Waals surface area contributed by atoms with Crippen molar-refractivity contribution in [1.29, 1.82) is 0 Å². The number of hydrogen-bond acceptors (Lipinski definition) is 1. The third-order valence-corrected chi connectivity index (χ3v) is 4.20. The maximum absolute atomic E-state index is 11.0. The van der Waals surface area contributed by atoms with Crippen LogP contribution in [-0.2, 0) is 4.79 Å². The van der Waals surface area contributed by atoms with Gasteiger partial charge in [-0.1, -0.05) is 31.9 Å². The minimum absolute atomic E-state index is 0.0660. The Morgan fingerprint density at radius 3 is 2.70 bits per heavy atom. The Hall–Kier alpha value is 0.430. The van der Waals surface area contributed by atoms with Crippen molar-refractivity contribution in [2.75, 3.05) is 0 Å². The smallest absolute Gasteiger partial charge is 0.235 e. The van der Waals surface area contributed by atoms with E-state index in [0.717, 1.165) is 6.42 Å². The molecule has 10 heavy (non-hydrogen) atoms. The van der Waals surface area contributed by atoms with Gasteiger partial charge in [-0.15, -0.1) is 0 Å². The summed E-state index contributed by atoms with van der Waals surface area (Å²) in [4.78, 5) is 11.2. The molecule has 0 spiro atoms. The third-order valence-electron chi connectivity index (χ3n) is 1.54. The number of rotatable bonds is 0. The number of halogens is 2. The van der Waals surface area contributed by atoms with Gasteiger partial charge < -0.3 is 5.32 Å². The van der Waals surface area contributed by atoms with Gasteiger partial charge in [0.25, 0.3) is 0 Å². The predicted molar refractivity (Wildman–Crippen MR) is 47.7 cm³/mol. The molecule has 0 radical (unpaired) electrons. The van der Waals surface area contributed by atoms with E-state index in [1.165, 1.54) is 0 Å². The molecule has 1 amide bonds. The molecule has 0 aromatic heterocycles. The van der Waals surface area contributed by atoms with Crippen molar-refractivity contribution >= 4 is 37.8 Å². The first kappa shape index (κ1) is 8.53. The number of amides is 1. The molecule has 1 aliphatic heterocycles. The normalized spacial score (nSPS) is 41.1. The quantitative estimate of drug-likeness (QED) is 0.663. The number of piperidine rings is 1. The van der Waals surface area contributed by atoms with E-state index < -0.39 is 0 Å². The Labute approximate surface area is 77.0 Å². The van der Waals surface area contributed by atoms with E-state index in [2.05, 4.69) is 37.2 Å². The van der Waals surface area contributed by atoms with Gasteiger partial charge in [-0.2, -0.15) is 0 Å². The predicted octanol–water partition coefficient (Wildman–Crippen LogP) is 1.42. The highest BCUT2D eigenvalue weighted by atomic mass is 79.9. The van der Waals surface area contributed by atoms with E-state index >= 15 is 0 Å². The maximum atomic E-state index is 11.0. The molecular weight excluding hydrogens is 262 g/mol. The van der Waals surface area contributed by atoms with Gasteiger partial charge in [-0.25, -0.2) is 0 Å². The first-order chi connectivity index (χ1) is 4.61. The van der Waals surface area contributed by atoms with Crippen molar-refractivity contribution in [2.24, 2.45) is 0 Å². The fourth-order valence-corrected chi connectivity index (χ4v) is 2.15. The van der Waals surface area contributed by atoms with Crippen LogP contribution in [0.3, 0.4) is 0 Å². The van der Waals surface area contributed by atoms with Crippen LogP contribution in [0.5, 0.6) is 0 Å². The average molecular weight is 271 g/mol. The lowest BCUT2D eigenvalue weighted by Crippen LogP contribution is -2.48. The minimum atomic E-state index is -0.0660. The fraction of sp³-hybridized carbons (Fsp3) is 0.833. The van der Waals surface area contributed by atoms with Crippen molar-refractivity contribution in [3.8, 4) is 0 Å². The third kappa shape index (κ3) is 1.72. The first-order valence-electron chi connectivity index (χ1n) is 3.20. The van der Waals surface area contributed by atoms with Crippen molar-refractivity contribution in [3.05, 3.63) is 0 Å². The summed E-state index contributed by atoms with van der Waals surface area (Å²) in [7, 11) is 0. The molecule has 0 aromatic rings. The van der Waals surface area contributed by atoms with Crippen molar-refractivity contribution < 1.29 is 4.79 Å². The number of alkyl halides is 2. The topological polar surface area (TPSA) is 29.1 Å². The van der Waals surface area contributed by atoms with Crippen molar-refractivity contribution in [2.45, 2.75) is 29.0 Å². The zero-order valence-electron chi connectivity index (χ0n) is 5.60. The molecule has 1 rings (SSSR count). The lowest BCUT2D eigenvalue weighted by atomic mass is 10.1. The van der Waals surface area contributed by atoms with Gasteiger partial charge >= 0.3 is 0 Å². The molecule has 0 bridgehead atoms. The molecule has 1 saturated heterocycles. The molecule has 0 aromatic carbocycles. The van der Waals surface area contributed by atoms with Gasteiger partial charge in [0.2, 0.25) is 5.91 Å². The summed E-state index contributed by atoms with van der Waals surface area (Å²) >= 11 is 6.71. The first-order valence-corrected chi connectivity index (χ1v) is 5.03. The zero-order valence-corrected chi connectivity index (χ0v) is 8.78. The molecule has 0 saturated carbocycles. The summed E-state index contributed by atoms with van der Waals surface area (Å²) in [5.41, 5.74) is 0. The Morgan fingerprint density at radius 1 is 1.60 bits per heavy atom. The van der Waals surface area contributed by atoms with Crippen LogP contribution in [0.25, 0.3) is 0 Å². The van der Waals surface area contributed by atoms with Crippen LogP contribution in [-0.4, -0.2) is 21.6 Å². The van der Waals surface area contributed by atoms with Gasteiger partial charge in [-0.3, -0.25) is 4.79 Å². The highest BCUT2D eigenvalue weighted by molar-refractivity contribution is 9.12. The van der Waals surface area contributed by atoms with E-state index in [1.54, 1.807) is 0 Å². The van der Waals surface area contributed by atoms with E-state index in [-0.39, 0.29) is 15.6 Å². The highest BCUT2D eigenvalue weighted by Gasteiger charge is 2.30. The summed E-state index contributed by atoms with van der Waals surface area (Å²) in [6.07, 6.45) is 0.988. The maximum Gasteiger partial charge on any atom is 0.235 e. The van der Waals surface area contributed by atoms with E-state index in [1.807, 2.05) is 6.92 Å². The van der Waals surface area contributed by atoms with Crippen LogP contribution < -0.4 is 5.32 Å². The van der Waals surface area contributed by atoms with Gasteiger partial charge in [0.1, 0.15) is 4.83 Å². The Balaban J connectivity index is 2.57. The van der Waals surface area contributed by atoms with Gasteiger partial charge in [0.05, 0.1) is 0 Å². The molecule has 4 heteroatoms. The summed E-state index contributed by atoms with van der Waals surface area (Å²) in [5.74, 6) is 0.0839. The summed E-state index contributed by atoms with van der Waals surface area (Å²) in [5, 5.41) is 2.84. The van der Waals surface area contributed by atoms with Crippen LogP contribution in [0.1, 0.15) is 13.3 Å². The van der Waals surface area contributed by atoms with Crippen LogP contribution in [0, 0.1) is 0 Å². The number of nitrogens with one attached hydrogen (secondary N) is 1.